The third-order valence-corrected chi connectivity index (χ3v) is 6.12. The predicted molar refractivity (Wildman–Crippen MR) is 119 cm³/mol. The second kappa shape index (κ2) is 10.4. The van der Waals surface area contributed by atoms with Gasteiger partial charge >= 0.3 is 6.18 Å². The largest absolute Gasteiger partial charge is 0.493 e. The van der Waals surface area contributed by atoms with Crippen LogP contribution in [0.25, 0.3) is 11.4 Å². The molecular weight excluding hydrogens is 435 g/mol. The number of nitrogens with zero attached hydrogens (tertiary/aromatic N) is 3. The average Bonchev–Trinajstić information content (AvgIpc) is 3.40. The first-order valence-electron chi connectivity index (χ1n) is 11.5. The molecule has 3 N–H and O–H groups in total. The molecule has 1 unspecified atom stereocenters. The number of nitrogens with two attached hydrogens (primary N) is 1. The first kappa shape index (κ1) is 24.9. The molecule has 182 valence electrons. The van der Waals surface area contributed by atoms with Crippen molar-refractivity contribution in [2.24, 2.45) is 5.73 Å². The van der Waals surface area contributed by atoms with Gasteiger partial charge in [0.1, 0.15) is 11.3 Å². The van der Waals surface area contributed by atoms with E-state index < -0.39 is 17.3 Å². The van der Waals surface area contributed by atoms with E-state index in [0.29, 0.717) is 19.4 Å². The molecule has 10 heteroatoms. The number of hydrogen-bond acceptors (Lipinski definition) is 5. The molecule has 3 rings (SSSR count). The molecule has 0 bridgehead atoms. The van der Waals surface area contributed by atoms with E-state index in [2.05, 4.69) is 17.1 Å². The molecule has 2 heterocycles. The molecule has 0 aliphatic carbocycles. The first-order valence-corrected chi connectivity index (χ1v) is 11.5. The number of alkyl halides is 3. The van der Waals surface area contributed by atoms with Crippen LogP contribution in [0.5, 0.6) is 5.75 Å². The van der Waals surface area contributed by atoms with E-state index in [4.69, 9.17) is 20.4 Å². The molecule has 0 spiro atoms. The number of unbranched alkanes of at least 4 members (excludes halogenated alkanes) is 5. The van der Waals surface area contributed by atoms with Crippen molar-refractivity contribution >= 4 is 5.96 Å². The topological polar surface area (TPSA) is 101 Å². The maximum absolute atomic E-state index is 13.7. The van der Waals surface area contributed by atoms with Crippen molar-refractivity contribution in [2.45, 2.75) is 76.9 Å². The van der Waals surface area contributed by atoms with Gasteiger partial charge in [-0.2, -0.15) is 18.2 Å². The lowest BCUT2D eigenvalue weighted by Gasteiger charge is -2.31. The summed E-state index contributed by atoms with van der Waals surface area (Å²) in [6.45, 7) is 4.78. The number of ether oxygens (including phenoxy) is 1. The number of halogens is 3. The predicted octanol–water partition coefficient (Wildman–Crippen LogP) is 5.70. The summed E-state index contributed by atoms with van der Waals surface area (Å²) in [5.41, 5.74) is 4.23. The molecular formula is C23H32F3N5O2. The summed E-state index contributed by atoms with van der Waals surface area (Å²) in [5, 5.41) is 11.7. The Morgan fingerprint density at radius 1 is 1.24 bits per heavy atom. The van der Waals surface area contributed by atoms with Crippen LogP contribution in [-0.2, 0) is 11.7 Å². The Kier molecular flexibility index (Phi) is 7.86. The molecule has 1 aromatic heterocycles. The molecule has 2 aromatic rings. The van der Waals surface area contributed by atoms with E-state index in [-0.39, 0.29) is 35.6 Å². The Balaban J connectivity index is 1.75. The van der Waals surface area contributed by atoms with Gasteiger partial charge in [0.05, 0.1) is 12.2 Å². The third-order valence-electron chi connectivity index (χ3n) is 6.12. The minimum atomic E-state index is -4.58. The second-order valence-electron chi connectivity index (χ2n) is 8.66. The van der Waals surface area contributed by atoms with Crippen LogP contribution in [0.3, 0.4) is 0 Å². The van der Waals surface area contributed by atoms with Crippen molar-refractivity contribution in [1.29, 1.82) is 5.41 Å². The zero-order valence-electron chi connectivity index (χ0n) is 19.2. The highest BCUT2D eigenvalue weighted by Gasteiger charge is 2.44. The minimum Gasteiger partial charge on any atom is -0.493 e. The van der Waals surface area contributed by atoms with Gasteiger partial charge in [-0.25, -0.2) is 0 Å². The third kappa shape index (κ3) is 5.78. The standard InChI is InChI=1S/C23H32F3N5O2/c1-3-4-5-6-7-8-14-32-18-11-10-16(15-17(18)23(24,25)26)19-29-20(33-30-19)22(2)12-9-13-31(22)21(27)28/h10-11,15H,3-9,12-14H2,1-2H3,(H3,27,28). The summed E-state index contributed by atoms with van der Waals surface area (Å²) in [6.07, 6.45) is 3.00. The van der Waals surface area contributed by atoms with Gasteiger partial charge in [0.15, 0.2) is 5.96 Å². The van der Waals surface area contributed by atoms with Gasteiger partial charge in [-0.15, -0.1) is 0 Å². The summed E-state index contributed by atoms with van der Waals surface area (Å²) in [5.74, 6) is -0.0354. The van der Waals surface area contributed by atoms with Crippen molar-refractivity contribution in [3.63, 3.8) is 0 Å². The molecule has 0 amide bonds. The van der Waals surface area contributed by atoms with Crippen molar-refractivity contribution in [2.75, 3.05) is 13.2 Å². The molecule has 1 atom stereocenters. The van der Waals surface area contributed by atoms with Crippen LogP contribution < -0.4 is 10.5 Å². The first-order chi connectivity index (χ1) is 15.7. The lowest BCUT2D eigenvalue weighted by molar-refractivity contribution is -0.138. The maximum atomic E-state index is 13.7. The number of nitrogens with one attached hydrogen (secondary N) is 1. The number of likely N-dealkylation sites (tertiary alicyclic amines) is 1. The molecule has 1 aliphatic rings. The molecule has 0 saturated carbocycles. The monoisotopic (exact) mass is 467 g/mol. The summed E-state index contributed by atoms with van der Waals surface area (Å²) < 4.78 is 52.0. The van der Waals surface area contributed by atoms with Crippen LogP contribution >= 0.6 is 0 Å². The summed E-state index contributed by atoms with van der Waals surface area (Å²) in [4.78, 5) is 6.01. The minimum absolute atomic E-state index is 0.0506. The SMILES string of the molecule is CCCCCCCCOc1ccc(-c2noc(C3(C)CCCN3C(=N)N)n2)cc1C(F)(F)F. The fraction of sp³-hybridized carbons (Fsp3) is 0.609. The van der Waals surface area contributed by atoms with Crippen molar-refractivity contribution in [3.8, 4) is 17.1 Å². The van der Waals surface area contributed by atoms with E-state index in [0.717, 1.165) is 38.2 Å². The Morgan fingerprint density at radius 3 is 2.67 bits per heavy atom. The molecule has 1 aromatic carbocycles. The van der Waals surface area contributed by atoms with Gasteiger partial charge in [-0.3, -0.25) is 5.41 Å². The Labute approximate surface area is 192 Å². The molecule has 1 aliphatic heterocycles. The van der Waals surface area contributed by atoms with E-state index >= 15 is 0 Å². The van der Waals surface area contributed by atoms with Crippen LogP contribution in [0.1, 0.15) is 76.7 Å². The number of benzene rings is 1. The Bertz CT molecular complexity index is 946. The smallest absolute Gasteiger partial charge is 0.419 e. The zero-order chi connectivity index (χ0) is 24.1. The van der Waals surface area contributed by atoms with Crippen LogP contribution in [0.2, 0.25) is 0 Å². The van der Waals surface area contributed by atoms with E-state index in [1.54, 1.807) is 4.90 Å². The second-order valence-corrected chi connectivity index (χ2v) is 8.66. The number of hydrogen-bond donors (Lipinski definition) is 2. The molecule has 1 fully saturated rings. The molecule has 0 radical (unpaired) electrons. The molecule has 33 heavy (non-hydrogen) atoms. The zero-order valence-corrected chi connectivity index (χ0v) is 19.2. The summed E-state index contributed by atoms with van der Waals surface area (Å²) >= 11 is 0. The van der Waals surface area contributed by atoms with Gasteiger partial charge < -0.3 is 19.9 Å². The number of guanidine groups is 1. The van der Waals surface area contributed by atoms with E-state index in [1.807, 2.05) is 6.92 Å². The lowest BCUT2D eigenvalue weighted by atomic mass is 9.99. The van der Waals surface area contributed by atoms with Gasteiger partial charge in [0, 0.05) is 12.1 Å². The quantitative estimate of drug-likeness (QED) is 0.264. The normalized spacial score (nSPS) is 18.6. The highest BCUT2D eigenvalue weighted by Crippen LogP contribution is 2.40. The number of aromatic nitrogens is 2. The molecule has 1 saturated heterocycles. The number of rotatable bonds is 10. The highest BCUT2D eigenvalue weighted by molar-refractivity contribution is 5.76. The van der Waals surface area contributed by atoms with Crippen LogP contribution in [0.4, 0.5) is 13.2 Å². The van der Waals surface area contributed by atoms with Gasteiger partial charge in [-0.1, -0.05) is 44.2 Å². The van der Waals surface area contributed by atoms with E-state index in [1.165, 1.54) is 18.6 Å². The van der Waals surface area contributed by atoms with Crippen molar-refractivity contribution < 1.29 is 22.4 Å². The van der Waals surface area contributed by atoms with Crippen LogP contribution in [0.15, 0.2) is 22.7 Å². The van der Waals surface area contributed by atoms with Crippen molar-refractivity contribution in [3.05, 3.63) is 29.7 Å². The highest BCUT2D eigenvalue weighted by atomic mass is 19.4. The van der Waals surface area contributed by atoms with Crippen LogP contribution in [-0.4, -0.2) is 34.2 Å². The summed E-state index contributed by atoms with van der Waals surface area (Å²) in [6, 6.07) is 3.80. The van der Waals surface area contributed by atoms with Crippen molar-refractivity contribution in [1.82, 2.24) is 15.0 Å². The fourth-order valence-electron chi connectivity index (χ4n) is 4.21. The van der Waals surface area contributed by atoms with Gasteiger partial charge in [-0.05, 0) is 44.4 Å². The maximum Gasteiger partial charge on any atom is 0.419 e. The fourth-order valence-corrected chi connectivity index (χ4v) is 4.21. The van der Waals surface area contributed by atoms with E-state index in [9.17, 15) is 13.2 Å². The average molecular weight is 468 g/mol. The Hall–Kier alpha value is -2.78. The molecule has 7 nitrogen and oxygen atoms in total. The Morgan fingerprint density at radius 2 is 1.97 bits per heavy atom. The van der Waals surface area contributed by atoms with Gasteiger partial charge in [0.25, 0.3) is 5.89 Å². The lowest BCUT2D eigenvalue weighted by Crippen LogP contribution is -2.46. The summed E-state index contributed by atoms with van der Waals surface area (Å²) in [7, 11) is 0. The van der Waals surface area contributed by atoms with Crippen LogP contribution in [0, 0.1) is 5.41 Å². The van der Waals surface area contributed by atoms with Gasteiger partial charge in [0.2, 0.25) is 5.82 Å².